The van der Waals surface area contributed by atoms with Gasteiger partial charge in [-0.05, 0) is 26.0 Å². The number of rotatable bonds is 5. The largest absolute Gasteiger partial charge is 0.492 e. The third-order valence-corrected chi connectivity index (χ3v) is 5.03. The molecule has 6 nitrogen and oxygen atoms in total. The highest BCUT2D eigenvalue weighted by Crippen LogP contribution is 2.19. The third kappa shape index (κ3) is 4.59. The molecule has 118 valence electrons. The Hall–Kier alpha value is -1.31. The van der Waals surface area contributed by atoms with Gasteiger partial charge in [0.05, 0.1) is 18.0 Å². The molecule has 0 aromatic heterocycles. The molecule has 0 spiro atoms. The number of morpholine rings is 1. The van der Waals surface area contributed by atoms with Gasteiger partial charge in [0.2, 0.25) is 10.0 Å². The third-order valence-electron chi connectivity index (χ3n) is 3.25. The van der Waals surface area contributed by atoms with Gasteiger partial charge in [0.15, 0.2) is 0 Å². The van der Waals surface area contributed by atoms with Crippen LogP contribution >= 0.6 is 0 Å². The van der Waals surface area contributed by atoms with Gasteiger partial charge in [-0.1, -0.05) is 6.07 Å². The molecule has 1 heterocycles. The van der Waals surface area contributed by atoms with Crippen LogP contribution in [0.2, 0.25) is 0 Å². The quantitative estimate of drug-likeness (QED) is 0.823. The van der Waals surface area contributed by atoms with Crippen LogP contribution in [0.5, 0.6) is 5.75 Å². The molecule has 2 N–H and O–H groups in total. The molecule has 1 aromatic rings. The van der Waals surface area contributed by atoms with Crippen LogP contribution in [-0.2, 0) is 14.8 Å². The number of nitrogens with two attached hydrogens (primary N) is 1. The molecule has 0 saturated carbocycles. The lowest BCUT2D eigenvalue weighted by molar-refractivity contribution is -0.0640. The van der Waals surface area contributed by atoms with Crippen molar-refractivity contribution < 1.29 is 17.9 Å². The first-order valence-electron chi connectivity index (χ1n) is 6.89. The number of ether oxygens (including phenoxy) is 2. The fourth-order valence-corrected chi connectivity index (χ4v) is 3.62. The Bertz CT molecular complexity index is 586. The van der Waals surface area contributed by atoms with Gasteiger partial charge >= 0.3 is 0 Å². The van der Waals surface area contributed by atoms with Crippen molar-refractivity contribution in [2.24, 2.45) is 0 Å². The summed E-state index contributed by atoms with van der Waals surface area (Å²) < 4.78 is 37.0. The molecule has 7 heteroatoms. The van der Waals surface area contributed by atoms with Crippen LogP contribution in [0.1, 0.15) is 13.8 Å². The molecule has 1 fully saturated rings. The summed E-state index contributed by atoms with van der Waals surface area (Å²) in [5.74, 6) is 0.519. The molecule has 21 heavy (non-hydrogen) atoms. The molecule has 1 aliphatic heterocycles. The second kappa shape index (κ2) is 6.21. The molecule has 0 unspecified atom stereocenters. The molecule has 1 saturated heterocycles. The van der Waals surface area contributed by atoms with Crippen molar-refractivity contribution in [1.82, 2.24) is 4.31 Å². The van der Waals surface area contributed by atoms with Crippen molar-refractivity contribution in [3.63, 3.8) is 0 Å². The fourth-order valence-electron chi connectivity index (χ4n) is 2.21. The van der Waals surface area contributed by atoms with Crippen molar-refractivity contribution in [2.75, 3.05) is 37.8 Å². The van der Waals surface area contributed by atoms with E-state index in [1.807, 2.05) is 13.8 Å². The Labute approximate surface area is 125 Å². The second-order valence-electron chi connectivity index (χ2n) is 5.68. The minimum Gasteiger partial charge on any atom is -0.492 e. The van der Waals surface area contributed by atoms with Crippen LogP contribution in [0.25, 0.3) is 0 Å². The topological polar surface area (TPSA) is 81.9 Å². The molecule has 0 amide bonds. The van der Waals surface area contributed by atoms with Crippen molar-refractivity contribution in [3.8, 4) is 5.75 Å². The van der Waals surface area contributed by atoms with Crippen LogP contribution in [0.4, 0.5) is 5.69 Å². The highest BCUT2D eigenvalue weighted by atomic mass is 32.2. The molecule has 2 rings (SSSR count). The number of anilines is 1. The smallest absolute Gasteiger partial charge is 0.217 e. The Morgan fingerprint density at radius 1 is 1.43 bits per heavy atom. The number of hydrogen-bond acceptors (Lipinski definition) is 5. The standard InChI is InChI=1S/C14H22N2O4S/c1-14(2)11-16(6-7-20-14)21(17,18)9-8-19-13-5-3-4-12(15)10-13/h3-5,10H,6-9,11,15H2,1-2H3. The summed E-state index contributed by atoms with van der Waals surface area (Å²) in [6.07, 6.45) is 0. The van der Waals surface area contributed by atoms with Gasteiger partial charge in [-0.25, -0.2) is 8.42 Å². The molecule has 0 atom stereocenters. The van der Waals surface area contributed by atoms with E-state index in [0.717, 1.165) is 0 Å². The van der Waals surface area contributed by atoms with Gasteiger partial charge in [-0.2, -0.15) is 4.31 Å². The van der Waals surface area contributed by atoms with Gasteiger partial charge in [0.25, 0.3) is 0 Å². The number of benzene rings is 1. The molecular formula is C14H22N2O4S. The highest BCUT2D eigenvalue weighted by Gasteiger charge is 2.33. The fraction of sp³-hybridized carbons (Fsp3) is 0.571. The highest BCUT2D eigenvalue weighted by molar-refractivity contribution is 7.89. The van der Waals surface area contributed by atoms with E-state index in [-0.39, 0.29) is 12.4 Å². The average molecular weight is 314 g/mol. The average Bonchev–Trinajstić information content (AvgIpc) is 2.37. The van der Waals surface area contributed by atoms with E-state index in [9.17, 15) is 8.42 Å². The minimum atomic E-state index is -3.34. The van der Waals surface area contributed by atoms with E-state index in [2.05, 4.69) is 0 Å². The van der Waals surface area contributed by atoms with Gasteiger partial charge in [-0.15, -0.1) is 0 Å². The van der Waals surface area contributed by atoms with Crippen LogP contribution in [0.3, 0.4) is 0 Å². The summed E-state index contributed by atoms with van der Waals surface area (Å²) in [5.41, 5.74) is 5.79. The van der Waals surface area contributed by atoms with Crippen LogP contribution in [0.15, 0.2) is 24.3 Å². The SMILES string of the molecule is CC1(C)CN(S(=O)(=O)CCOc2cccc(N)c2)CCO1. The lowest BCUT2D eigenvalue weighted by Crippen LogP contribution is -2.51. The van der Waals surface area contributed by atoms with Gasteiger partial charge in [-0.3, -0.25) is 0 Å². The Balaban J connectivity index is 1.89. The lowest BCUT2D eigenvalue weighted by Gasteiger charge is -2.37. The maximum absolute atomic E-state index is 12.3. The zero-order valence-electron chi connectivity index (χ0n) is 12.4. The summed E-state index contributed by atoms with van der Waals surface area (Å²) in [4.78, 5) is 0. The summed E-state index contributed by atoms with van der Waals surface area (Å²) in [5, 5.41) is 0. The molecule has 0 aliphatic carbocycles. The predicted octanol–water partition coefficient (Wildman–Crippen LogP) is 1.09. The molecule has 0 bridgehead atoms. The van der Waals surface area contributed by atoms with Crippen LogP contribution < -0.4 is 10.5 Å². The number of sulfonamides is 1. The van der Waals surface area contributed by atoms with Crippen molar-refractivity contribution >= 4 is 15.7 Å². The van der Waals surface area contributed by atoms with E-state index in [4.69, 9.17) is 15.2 Å². The molecule has 0 radical (unpaired) electrons. The van der Waals surface area contributed by atoms with Gasteiger partial charge < -0.3 is 15.2 Å². The van der Waals surface area contributed by atoms with Crippen molar-refractivity contribution in [2.45, 2.75) is 19.4 Å². The second-order valence-corrected chi connectivity index (χ2v) is 7.77. The first-order chi connectivity index (χ1) is 9.78. The van der Waals surface area contributed by atoms with Crippen LogP contribution in [-0.4, -0.2) is 50.4 Å². The molecule has 1 aliphatic rings. The summed E-state index contributed by atoms with van der Waals surface area (Å²) >= 11 is 0. The number of hydrogen-bond donors (Lipinski definition) is 1. The number of nitrogens with zero attached hydrogens (tertiary/aromatic N) is 1. The minimum absolute atomic E-state index is 0.0577. The summed E-state index contributed by atoms with van der Waals surface area (Å²) in [7, 11) is -3.34. The Morgan fingerprint density at radius 3 is 2.86 bits per heavy atom. The number of nitrogen functional groups attached to an aromatic ring is 1. The van der Waals surface area contributed by atoms with Crippen molar-refractivity contribution in [3.05, 3.63) is 24.3 Å². The Morgan fingerprint density at radius 2 is 2.19 bits per heavy atom. The van der Waals surface area contributed by atoms with E-state index in [1.54, 1.807) is 24.3 Å². The zero-order valence-corrected chi connectivity index (χ0v) is 13.2. The predicted molar refractivity (Wildman–Crippen MR) is 81.7 cm³/mol. The maximum atomic E-state index is 12.3. The van der Waals surface area contributed by atoms with Gasteiger partial charge in [0.1, 0.15) is 12.4 Å². The van der Waals surface area contributed by atoms with E-state index >= 15 is 0 Å². The lowest BCUT2D eigenvalue weighted by atomic mass is 10.1. The zero-order chi connectivity index (χ0) is 15.5. The van der Waals surface area contributed by atoms with E-state index < -0.39 is 15.6 Å². The first kappa shape index (κ1) is 16.1. The molecular weight excluding hydrogens is 292 g/mol. The Kier molecular flexibility index (Phi) is 4.75. The van der Waals surface area contributed by atoms with Crippen molar-refractivity contribution in [1.29, 1.82) is 0 Å². The first-order valence-corrected chi connectivity index (χ1v) is 8.50. The monoisotopic (exact) mass is 314 g/mol. The van der Waals surface area contributed by atoms with E-state index in [0.29, 0.717) is 31.1 Å². The summed E-state index contributed by atoms with van der Waals surface area (Å²) in [6, 6.07) is 6.94. The molecule has 1 aromatic carbocycles. The maximum Gasteiger partial charge on any atom is 0.217 e. The summed E-state index contributed by atoms with van der Waals surface area (Å²) in [6.45, 7) is 5.05. The van der Waals surface area contributed by atoms with Gasteiger partial charge in [0, 0.05) is 24.8 Å². The van der Waals surface area contributed by atoms with E-state index in [1.165, 1.54) is 4.31 Å². The van der Waals surface area contributed by atoms with Crippen LogP contribution in [0, 0.1) is 0 Å². The normalized spacial score (nSPS) is 19.3.